The molecule has 0 bridgehead atoms. The van der Waals surface area contributed by atoms with Crippen LogP contribution in [0.1, 0.15) is 24.8 Å². The van der Waals surface area contributed by atoms with Crippen LogP contribution >= 0.6 is 0 Å². The third-order valence-electron chi connectivity index (χ3n) is 5.24. The Morgan fingerprint density at radius 1 is 1.00 bits per heavy atom. The first-order valence-electron chi connectivity index (χ1n) is 11.1. The number of fused-ring (bicyclic) bond motifs is 1. The van der Waals surface area contributed by atoms with E-state index < -0.39 is 44.5 Å². The maximum atomic E-state index is 13.0. The number of carbonyl (C=O) groups excluding carboxylic acids is 2. The molecule has 184 valence electrons. The number of benzene rings is 2. The number of aliphatic carboxylic acids is 2. The van der Waals surface area contributed by atoms with Crippen molar-refractivity contribution in [2.24, 2.45) is 0 Å². The fraction of sp³-hybridized carbons (Fsp3) is 0.417. The number of hydrogen-bond donors (Lipinski definition) is 3. The van der Waals surface area contributed by atoms with Gasteiger partial charge in [-0.2, -0.15) is 0 Å². The van der Waals surface area contributed by atoms with Crippen LogP contribution in [-0.4, -0.2) is 59.9 Å². The third kappa shape index (κ3) is 8.85. The quantitative estimate of drug-likeness (QED) is 0.323. The molecule has 10 heteroatoms. The van der Waals surface area contributed by atoms with Gasteiger partial charge in [0.25, 0.3) is 0 Å². The fourth-order valence-corrected chi connectivity index (χ4v) is 4.00. The number of hydrazine groups is 1. The van der Waals surface area contributed by atoms with E-state index in [1.54, 1.807) is 0 Å². The van der Waals surface area contributed by atoms with Crippen molar-refractivity contribution < 1.29 is 34.1 Å². The molecule has 0 saturated carbocycles. The smallest absolute Gasteiger partial charge is 0.426 e. The van der Waals surface area contributed by atoms with Crippen molar-refractivity contribution in [2.75, 3.05) is 6.61 Å². The average Bonchev–Trinajstić information content (AvgIpc) is 2.75. The van der Waals surface area contributed by atoms with Crippen LogP contribution in [0.4, 0.5) is 4.79 Å². The number of nitrogens with one attached hydrogen (secondary N) is 1. The average molecular weight is 489 g/mol. The van der Waals surface area contributed by atoms with Gasteiger partial charge in [-0.25, -0.2) is 20.0 Å². The summed E-state index contributed by atoms with van der Waals surface area (Å²) in [6.07, 6.45) is -1.54. The SMILES string of the molecule is C[Si](C)(C)CCOC(=O)NN(C(=O)CCc1ccc2ccccc2c1)[C@H](CCC(=O)O)C(=O)O. The maximum absolute atomic E-state index is 13.0. The van der Waals surface area contributed by atoms with E-state index in [1.165, 1.54) is 0 Å². The monoisotopic (exact) mass is 488 g/mol. The number of carboxylic acids is 2. The molecule has 0 aliphatic carbocycles. The highest BCUT2D eigenvalue weighted by atomic mass is 28.3. The highest BCUT2D eigenvalue weighted by Crippen LogP contribution is 2.18. The van der Waals surface area contributed by atoms with Crippen LogP contribution in [0.3, 0.4) is 0 Å². The van der Waals surface area contributed by atoms with Gasteiger partial charge in [-0.15, -0.1) is 0 Å². The molecule has 2 aromatic carbocycles. The fourth-order valence-electron chi connectivity index (χ4n) is 3.28. The second-order valence-electron chi connectivity index (χ2n) is 9.29. The second-order valence-corrected chi connectivity index (χ2v) is 14.9. The van der Waals surface area contributed by atoms with Gasteiger partial charge < -0.3 is 14.9 Å². The Kier molecular flexibility index (Phi) is 9.61. The number of ether oxygens (including phenoxy) is 1. The summed E-state index contributed by atoms with van der Waals surface area (Å²) in [5.74, 6) is -3.26. The minimum atomic E-state index is -1.54. The molecule has 0 aliphatic heterocycles. The Balaban J connectivity index is 2.12. The molecule has 34 heavy (non-hydrogen) atoms. The van der Waals surface area contributed by atoms with Crippen LogP contribution in [0, 0.1) is 0 Å². The van der Waals surface area contributed by atoms with E-state index in [-0.39, 0.29) is 19.4 Å². The summed E-state index contributed by atoms with van der Waals surface area (Å²) in [5.41, 5.74) is 3.12. The first-order valence-corrected chi connectivity index (χ1v) is 14.8. The number of nitrogens with zero attached hydrogens (tertiary/aromatic N) is 1. The van der Waals surface area contributed by atoms with Crippen molar-refractivity contribution in [1.29, 1.82) is 0 Å². The predicted molar refractivity (Wildman–Crippen MR) is 130 cm³/mol. The standard InChI is InChI=1S/C24H32N2O7Si/c1-34(2,3)15-14-33-24(32)25-26(20(23(30)31)11-13-22(28)29)21(27)12-9-17-8-10-18-6-4-5-7-19(18)16-17/h4-8,10,16,20H,9,11-15H2,1-3H3,(H,25,32)(H,28,29)(H,30,31)/t20-/m1/s1. The molecule has 0 saturated heterocycles. The van der Waals surface area contributed by atoms with Crippen LogP contribution in [0.25, 0.3) is 10.8 Å². The topological polar surface area (TPSA) is 133 Å². The molecule has 2 aromatic rings. The van der Waals surface area contributed by atoms with Gasteiger partial charge in [-0.3, -0.25) is 9.59 Å². The highest BCUT2D eigenvalue weighted by Gasteiger charge is 2.32. The maximum Gasteiger partial charge on any atom is 0.426 e. The number of hydrogen-bond acceptors (Lipinski definition) is 5. The molecule has 0 spiro atoms. The van der Waals surface area contributed by atoms with Gasteiger partial charge in [0.05, 0.1) is 6.61 Å². The second kappa shape index (κ2) is 12.2. The molecule has 9 nitrogen and oxygen atoms in total. The number of amides is 2. The van der Waals surface area contributed by atoms with Crippen molar-refractivity contribution in [3.05, 3.63) is 48.0 Å². The lowest BCUT2D eigenvalue weighted by Crippen LogP contribution is -2.55. The molecule has 2 rings (SSSR count). The Morgan fingerprint density at radius 3 is 2.29 bits per heavy atom. The lowest BCUT2D eigenvalue weighted by atomic mass is 10.0. The van der Waals surface area contributed by atoms with Gasteiger partial charge in [-0.05, 0) is 35.2 Å². The molecule has 0 fully saturated rings. The molecular formula is C24H32N2O7Si. The molecule has 0 aliphatic rings. The summed E-state index contributed by atoms with van der Waals surface area (Å²) in [6.45, 7) is 6.49. The predicted octanol–water partition coefficient (Wildman–Crippen LogP) is 3.90. The van der Waals surface area contributed by atoms with Crippen LogP contribution in [0.15, 0.2) is 42.5 Å². The molecule has 0 heterocycles. The number of carbonyl (C=O) groups is 4. The Morgan fingerprint density at radius 2 is 1.68 bits per heavy atom. The van der Waals surface area contributed by atoms with Crippen LogP contribution in [0.5, 0.6) is 0 Å². The normalized spacial score (nSPS) is 12.1. The Labute approximate surface area is 199 Å². The lowest BCUT2D eigenvalue weighted by Gasteiger charge is -2.29. The molecule has 3 N–H and O–H groups in total. The largest absolute Gasteiger partial charge is 0.481 e. The minimum Gasteiger partial charge on any atom is -0.481 e. The van der Waals surface area contributed by atoms with Crippen LogP contribution < -0.4 is 5.43 Å². The van der Waals surface area contributed by atoms with Crippen LogP contribution in [0.2, 0.25) is 25.7 Å². The van der Waals surface area contributed by atoms with Gasteiger partial charge in [-0.1, -0.05) is 62.1 Å². The number of rotatable bonds is 11. The van der Waals surface area contributed by atoms with Crippen LogP contribution in [-0.2, 0) is 25.5 Å². The van der Waals surface area contributed by atoms with Crippen molar-refractivity contribution in [3.63, 3.8) is 0 Å². The van der Waals surface area contributed by atoms with E-state index in [0.29, 0.717) is 17.5 Å². The molecule has 2 amide bonds. The lowest BCUT2D eigenvalue weighted by molar-refractivity contribution is -0.153. The minimum absolute atomic E-state index is 0.0790. The van der Waals surface area contributed by atoms with Crippen molar-refractivity contribution in [1.82, 2.24) is 10.4 Å². The van der Waals surface area contributed by atoms with E-state index in [4.69, 9.17) is 9.84 Å². The zero-order valence-electron chi connectivity index (χ0n) is 19.7. The van der Waals surface area contributed by atoms with Gasteiger partial charge in [0, 0.05) is 20.9 Å². The molecule has 0 aromatic heterocycles. The van der Waals surface area contributed by atoms with Gasteiger partial charge >= 0.3 is 18.0 Å². The summed E-state index contributed by atoms with van der Waals surface area (Å²) in [6, 6.07) is 12.7. The molecule has 0 unspecified atom stereocenters. The van der Waals surface area contributed by atoms with E-state index in [1.807, 2.05) is 42.5 Å². The van der Waals surface area contributed by atoms with E-state index >= 15 is 0 Å². The van der Waals surface area contributed by atoms with Crippen molar-refractivity contribution in [3.8, 4) is 0 Å². The third-order valence-corrected chi connectivity index (χ3v) is 6.94. The molecule has 1 atom stereocenters. The number of aryl methyl sites for hydroxylation is 1. The molecular weight excluding hydrogens is 456 g/mol. The summed E-state index contributed by atoms with van der Waals surface area (Å²) in [7, 11) is -1.47. The van der Waals surface area contributed by atoms with E-state index in [9.17, 15) is 24.3 Å². The summed E-state index contributed by atoms with van der Waals surface area (Å²) in [5, 5.41) is 21.4. The van der Waals surface area contributed by atoms with E-state index in [0.717, 1.165) is 16.3 Å². The number of carboxylic acid groups (broad SMARTS) is 2. The summed E-state index contributed by atoms with van der Waals surface area (Å²) in [4.78, 5) is 48.1. The Bertz CT molecular complexity index is 1040. The van der Waals surface area contributed by atoms with Gasteiger partial charge in [0.15, 0.2) is 6.04 Å². The van der Waals surface area contributed by atoms with Crippen molar-refractivity contribution >= 4 is 42.8 Å². The molecule has 0 radical (unpaired) electrons. The first-order chi connectivity index (χ1) is 16.0. The van der Waals surface area contributed by atoms with Crippen molar-refractivity contribution in [2.45, 2.75) is 57.4 Å². The Hall–Kier alpha value is -3.40. The summed E-state index contributed by atoms with van der Waals surface area (Å²) < 4.78 is 5.15. The van der Waals surface area contributed by atoms with E-state index in [2.05, 4.69) is 25.1 Å². The van der Waals surface area contributed by atoms with Gasteiger partial charge in [0.2, 0.25) is 5.91 Å². The highest BCUT2D eigenvalue weighted by molar-refractivity contribution is 6.76. The first kappa shape index (κ1) is 26.8. The van der Waals surface area contributed by atoms with Gasteiger partial charge in [0.1, 0.15) is 0 Å². The zero-order chi connectivity index (χ0) is 25.3. The zero-order valence-corrected chi connectivity index (χ0v) is 20.7. The summed E-state index contributed by atoms with van der Waals surface area (Å²) >= 11 is 0.